The lowest BCUT2D eigenvalue weighted by atomic mass is 9.81. The van der Waals surface area contributed by atoms with Crippen molar-refractivity contribution < 1.29 is 4.79 Å². The van der Waals surface area contributed by atoms with Crippen LogP contribution in [0, 0.1) is 5.92 Å². The first-order valence-electron chi connectivity index (χ1n) is 7.01. The Balaban J connectivity index is 1.73. The largest absolute Gasteiger partial charge is 0.289 e. The van der Waals surface area contributed by atoms with Gasteiger partial charge in [0.05, 0.1) is 0 Å². The molecule has 0 saturated heterocycles. The van der Waals surface area contributed by atoms with Crippen LogP contribution in [0.4, 0.5) is 0 Å². The highest BCUT2D eigenvalue weighted by Crippen LogP contribution is 2.29. The smallest absolute Gasteiger partial charge is 0.193 e. The molecular formula is C18H18O. The van der Waals surface area contributed by atoms with Crippen molar-refractivity contribution in [1.29, 1.82) is 0 Å². The molecule has 0 radical (unpaired) electrons. The van der Waals surface area contributed by atoms with E-state index in [0.717, 1.165) is 17.0 Å². The molecule has 1 fully saturated rings. The van der Waals surface area contributed by atoms with Crippen molar-refractivity contribution >= 4 is 5.78 Å². The molecule has 1 nitrogen and oxygen atoms in total. The molecule has 2 aromatic carbocycles. The van der Waals surface area contributed by atoms with Gasteiger partial charge in [0.15, 0.2) is 5.78 Å². The van der Waals surface area contributed by atoms with E-state index in [9.17, 15) is 4.79 Å². The zero-order valence-electron chi connectivity index (χ0n) is 11.0. The van der Waals surface area contributed by atoms with Crippen LogP contribution in [-0.2, 0) is 6.42 Å². The third-order valence-corrected chi connectivity index (χ3v) is 4.00. The SMILES string of the molecule is O=C(c1ccccc1)c1ccc(CC2CCC2)cc1. The zero-order valence-corrected chi connectivity index (χ0v) is 11.0. The van der Waals surface area contributed by atoms with Gasteiger partial charge in [0.2, 0.25) is 0 Å². The minimum atomic E-state index is 0.107. The molecule has 96 valence electrons. The first kappa shape index (κ1) is 12.2. The summed E-state index contributed by atoms with van der Waals surface area (Å²) in [6, 6.07) is 17.6. The summed E-state index contributed by atoms with van der Waals surface area (Å²) in [5, 5.41) is 0. The van der Waals surface area contributed by atoms with Gasteiger partial charge in [-0.15, -0.1) is 0 Å². The van der Waals surface area contributed by atoms with E-state index in [0.29, 0.717) is 0 Å². The summed E-state index contributed by atoms with van der Waals surface area (Å²) in [6.45, 7) is 0. The quantitative estimate of drug-likeness (QED) is 0.741. The van der Waals surface area contributed by atoms with Gasteiger partial charge in [-0.3, -0.25) is 4.79 Å². The van der Waals surface area contributed by atoms with Gasteiger partial charge in [-0.1, -0.05) is 73.9 Å². The van der Waals surface area contributed by atoms with E-state index >= 15 is 0 Å². The van der Waals surface area contributed by atoms with Crippen molar-refractivity contribution in [2.24, 2.45) is 5.92 Å². The molecule has 0 bridgehead atoms. The van der Waals surface area contributed by atoms with Gasteiger partial charge in [0.25, 0.3) is 0 Å². The predicted molar refractivity (Wildman–Crippen MR) is 77.4 cm³/mol. The summed E-state index contributed by atoms with van der Waals surface area (Å²) in [5.74, 6) is 0.978. The van der Waals surface area contributed by atoms with E-state index in [1.807, 2.05) is 42.5 Å². The maximum Gasteiger partial charge on any atom is 0.193 e. The minimum absolute atomic E-state index is 0.107. The van der Waals surface area contributed by atoms with Gasteiger partial charge in [-0.05, 0) is 17.9 Å². The molecule has 1 aliphatic carbocycles. The fourth-order valence-corrected chi connectivity index (χ4v) is 2.58. The lowest BCUT2D eigenvalue weighted by Gasteiger charge is -2.25. The summed E-state index contributed by atoms with van der Waals surface area (Å²) in [6.07, 6.45) is 5.28. The average Bonchev–Trinajstić information content (AvgIpc) is 2.44. The highest BCUT2D eigenvalue weighted by Gasteiger charge is 2.17. The molecule has 0 spiro atoms. The number of carbonyl (C=O) groups is 1. The fourth-order valence-electron chi connectivity index (χ4n) is 2.58. The number of benzene rings is 2. The van der Waals surface area contributed by atoms with Crippen LogP contribution in [0.1, 0.15) is 40.7 Å². The molecule has 2 aromatic rings. The predicted octanol–water partition coefficient (Wildman–Crippen LogP) is 4.26. The van der Waals surface area contributed by atoms with Crippen LogP contribution in [0.5, 0.6) is 0 Å². The molecular weight excluding hydrogens is 232 g/mol. The molecule has 0 aromatic heterocycles. The van der Waals surface area contributed by atoms with Crippen LogP contribution in [0.15, 0.2) is 54.6 Å². The summed E-state index contributed by atoms with van der Waals surface area (Å²) >= 11 is 0. The monoisotopic (exact) mass is 250 g/mol. The first-order chi connectivity index (χ1) is 9.33. The fraction of sp³-hybridized carbons (Fsp3) is 0.278. The maximum atomic E-state index is 12.2. The van der Waals surface area contributed by atoms with Crippen LogP contribution < -0.4 is 0 Å². The highest BCUT2D eigenvalue weighted by molar-refractivity contribution is 6.08. The van der Waals surface area contributed by atoms with Crippen molar-refractivity contribution in [1.82, 2.24) is 0 Å². The van der Waals surface area contributed by atoms with E-state index in [2.05, 4.69) is 12.1 Å². The van der Waals surface area contributed by atoms with Gasteiger partial charge in [-0.2, -0.15) is 0 Å². The topological polar surface area (TPSA) is 17.1 Å². The van der Waals surface area contributed by atoms with E-state index in [1.165, 1.54) is 31.2 Å². The van der Waals surface area contributed by atoms with Gasteiger partial charge in [0.1, 0.15) is 0 Å². The second-order valence-electron chi connectivity index (χ2n) is 5.39. The number of ketones is 1. The van der Waals surface area contributed by atoms with Gasteiger partial charge >= 0.3 is 0 Å². The number of hydrogen-bond acceptors (Lipinski definition) is 1. The van der Waals surface area contributed by atoms with E-state index in [-0.39, 0.29) is 5.78 Å². The maximum absolute atomic E-state index is 12.2. The van der Waals surface area contributed by atoms with Crippen molar-refractivity contribution in [3.8, 4) is 0 Å². The molecule has 0 amide bonds. The third-order valence-electron chi connectivity index (χ3n) is 4.00. The van der Waals surface area contributed by atoms with Crippen LogP contribution in [0.25, 0.3) is 0 Å². The Kier molecular flexibility index (Phi) is 3.45. The minimum Gasteiger partial charge on any atom is -0.289 e. The lowest BCUT2D eigenvalue weighted by molar-refractivity contribution is 0.103. The Morgan fingerprint density at radius 1 is 0.895 bits per heavy atom. The Labute approximate surface area is 114 Å². The number of hydrogen-bond donors (Lipinski definition) is 0. The van der Waals surface area contributed by atoms with E-state index in [1.54, 1.807) is 0 Å². The van der Waals surface area contributed by atoms with Crippen molar-refractivity contribution in [3.05, 3.63) is 71.3 Å². The second-order valence-corrected chi connectivity index (χ2v) is 5.39. The molecule has 1 saturated carbocycles. The average molecular weight is 250 g/mol. The molecule has 0 N–H and O–H groups in total. The first-order valence-corrected chi connectivity index (χ1v) is 7.01. The standard InChI is InChI=1S/C18H18O/c19-18(16-7-2-1-3-8-16)17-11-9-15(10-12-17)13-14-5-4-6-14/h1-3,7-12,14H,4-6,13H2. The summed E-state index contributed by atoms with van der Waals surface area (Å²) in [7, 11) is 0. The van der Waals surface area contributed by atoms with Gasteiger partial charge in [0, 0.05) is 11.1 Å². The van der Waals surface area contributed by atoms with E-state index < -0.39 is 0 Å². The summed E-state index contributed by atoms with van der Waals surface area (Å²) in [5.41, 5.74) is 2.90. The summed E-state index contributed by atoms with van der Waals surface area (Å²) < 4.78 is 0. The molecule has 0 unspecified atom stereocenters. The van der Waals surface area contributed by atoms with Crippen molar-refractivity contribution in [3.63, 3.8) is 0 Å². The van der Waals surface area contributed by atoms with Crippen LogP contribution in [0.3, 0.4) is 0 Å². The van der Waals surface area contributed by atoms with Gasteiger partial charge < -0.3 is 0 Å². The number of carbonyl (C=O) groups excluding carboxylic acids is 1. The molecule has 0 heterocycles. The number of rotatable bonds is 4. The van der Waals surface area contributed by atoms with Crippen molar-refractivity contribution in [2.45, 2.75) is 25.7 Å². The van der Waals surface area contributed by atoms with Crippen LogP contribution >= 0.6 is 0 Å². The van der Waals surface area contributed by atoms with Crippen LogP contribution in [0.2, 0.25) is 0 Å². The molecule has 19 heavy (non-hydrogen) atoms. The van der Waals surface area contributed by atoms with Crippen LogP contribution in [-0.4, -0.2) is 5.78 Å². The third kappa shape index (κ3) is 2.76. The normalized spacial score (nSPS) is 14.9. The Bertz CT molecular complexity index is 550. The van der Waals surface area contributed by atoms with E-state index in [4.69, 9.17) is 0 Å². The molecule has 3 rings (SSSR count). The Hall–Kier alpha value is -1.89. The molecule has 1 aliphatic rings. The summed E-state index contributed by atoms with van der Waals surface area (Å²) in [4.78, 5) is 12.2. The highest BCUT2D eigenvalue weighted by atomic mass is 16.1. The molecule has 0 atom stereocenters. The lowest BCUT2D eigenvalue weighted by Crippen LogP contribution is -2.13. The Morgan fingerprint density at radius 3 is 2.11 bits per heavy atom. The van der Waals surface area contributed by atoms with Gasteiger partial charge in [-0.25, -0.2) is 0 Å². The Morgan fingerprint density at radius 2 is 1.53 bits per heavy atom. The molecule has 0 aliphatic heterocycles. The zero-order chi connectivity index (χ0) is 13.1. The molecule has 1 heteroatoms. The van der Waals surface area contributed by atoms with Crippen molar-refractivity contribution in [2.75, 3.05) is 0 Å². The second kappa shape index (κ2) is 5.40.